The number of fused-ring (bicyclic) bond motifs is 1. The minimum Gasteiger partial charge on any atom is -0.496 e. The number of methoxy groups -OCH3 is 1. The Hall–Kier alpha value is -2.61. The van der Waals surface area contributed by atoms with Crippen LogP contribution in [-0.4, -0.2) is 21.9 Å². The van der Waals surface area contributed by atoms with Gasteiger partial charge >= 0.3 is 0 Å². The van der Waals surface area contributed by atoms with Crippen molar-refractivity contribution >= 4 is 11.6 Å². The smallest absolute Gasteiger partial charge is 0.174 e. The summed E-state index contributed by atoms with van der Waals surface area (Å²) < 4.78 is 7.42. The molecular weight excluding hydrogens is 276 g/mol. The lowest BCUT2D eigenvalue weighted by Crippen LogP contribution is -2.05. The Morgan fingerprint density at radius 3 is 2.95 bits per heavy atom. The van der Waals surface area contributed by atoms with E-state index in [0.29, 0.717) is 11.4 Å². The van der Waals surface area contributed by atoms with Gasteiger partial charge in [-0.1, -0.05) is 24.6 Å². The molecule has 1 aliphatic heterocycles. The third-order valence-corrected chi connectivity index (χ3v) is 3.91. The van der Waals surface area contributed by atoms with Gasteiger partial charge in [-0.25, -0.2) is 0 Å². The molecule has 0 aliphatic carbocycles. The molecule has 0 unspecified atom stereocenters. The van der Waals surface area contributed by atoms with Crippen LogP contribution in [0.4, 0.5) is 0 Å². The first kappa shape index (κ1) is 14.3. The summed E-state index contributed by atoms with van der Waals surface area (Å²) in [5.74, 6) is 2.38. The third-order valence-electron chi connectivity index (χ3n) is 3.91. The zero-order chi connectivity index (χ0) is 15.4. The van der Waals surface area contributed by atoms with E-state index in [2.05, 4.69) is 20.8 Å². The normalized spacial score (nSPS) is 14.8. The Morgan fingerprint density at radius 2 is 2.14 bits per heavy atom. The highest BCUT2D eigenvalue weighted by Gasteiger charge is 2.18. The maximum Gasteiger partial charge on any atom is 0.174 e. The fourth-order valence-electron chi connectivity index (χ4n) is 2.77. The molecule has 0 saturated heterocycles. The molecule has 1 aromatic carbocycles. The van der Waals surface area contributed by atoms with Crippen molar-refractivity contribution in [1.29, 1.82) is 5.26 Å². The summed E-state index contributed by atoms with van der Waals surface area (Å²) in [5, 5.41) is 18.1. The lowest BCUT2D eigenvalue weighted by Gasteiger charge is -2.07. The van der Waals surface area contributed by atoms with Crippen LogP contribution in [0.5, 0.6) is 5.75 Å². The molecule has 2 heterocycles. The second kappa shape index (κ2) is 6.44. The molecule has 0 radical (unpaired) electrons. The maximum atomic E-state index is 9.55. The molecule has 0 atom stereocenters. The first-order valence-corrected chi connectivity index (χ1v) is 7.50. The lowest BCUT2D eigenvalue weighted by molar-refractivity contribution is 0.414. The van der Waals surface area contributed by atoms with Crippen molar-refractivity contribution in [3.63, 3.8) is 0 Å². The topological polar surface area (TPSA) is 63.7 Å². The summed E-state index contributed by atoms with van der Waals surface area (Å²) in [5.41, 5.74) is 1.39. The van der Waals surface area contributed by atoms with Crippen LogP contribution in [0, 0.1) is 11.3 Å². The minimum atomic E-state index is 0.519. The monoisotopic (exact) mass is 294 g/mol. The summed E-state index contributed by atoms with van der Waals surface area (Å²) >= 11 is 0. The van der Waals surface area contributed by atoms with Crippen LogP contribution in [0.1, 0.15) is 36.5 Å². The summed E-state index contributed by atoms with van der Waals surface area (Å²) in [6, 6.07) is 9.90. The van der Waals surface area contributed by atoms with Gasteiger partial charge in [0, 0.05) is 18.5 Å². The van der Waals surface area contributed by atoms with Crippen molar-refractivity contribution in [3.05, 3.63) is 41.5 Å². The number of nitrogens with zero attached hydrogens (tertiary/aromatic N) is 4. The SMILES string of the molecule is COc1ccccc1C=C(C#N)c1nnc2n1CCCCC2. The van der Waals surface area contributed by atoms with E-state index < -0.39 is 0 Å². The van der Waals surface area contributed by atoms with Gasteiger partial charge in [-0.2, -0.15) is 5.26 Å². The van der Waals surface area contributed by atoms with E-state index in [1.54, 1.807) is 7.11 Å². The molecule has 0 fully saturated rings. The molecular formula is C17H18N4O. The van der Waals surface area contributed by atoms with E-state index in [4.69, 9.17) is 4.74 Å². The molecule has 2 aromatic rings. The zero-order valence-corrected chi connectivity index (χ0v) is 12.6. The van der Waals surface area contributed by atoms with Crippen molar-refractivity contribution < 1.29 is 4.74 Å². The van der Waals surface area contributed by atoms with Gasteiger partial charge in [0.2, 0.25) is 0 Å². The average Bonchev–Trinajstić information content (AvgIpc) is 2.81. The predicted octanol–water partition coefficient (Wildman–Crippen LogP) is 3.08. The van der Waals surface area contributed by atoms with Crippen LogP contribution in [0.25, 0.3) is 11.6 Å². The summed E-state index contributed by atoms with van der Waals surface area (Å²) in [4.78, 5) is 0. The molecule has 1 aromatic heterocycles. The van der Waals surface area contributed by atoms with Gasteiger partial charge in [0.15, 0.2) is 5.82 Å². The minimum absolute atomic E-state index is 0.519. The molecule has 0 amide bonds. The summed E-state index contributed by atoms with van der Waals surface area (Å²) in [7, 11) is 1.63. The number of rotatable bonds is 3. The molecule has 0 saturated carbocycles. The Labute approximate surface area is 129 Å². The fourth-order valence-corrected chi connectivity index (χ4v) is 2.77. The van der Waals surface area contributed by atoms with E-state index in [1.807, 2.05) is 30.3 Å². The zero-order valence-electron chi connectivity index (χ0n) is 12.6. The second-order valence-corrected chi connectivity index (χ2v) is 5.31. The van der Waals surface area contributed by atoms with E-state index in [-0.39, 0.29) is 0 Å². The molecule has 5 heteroatoms. The van der Waals surface area contributed by atoms with Crippen molar-refractivity contribution in [2.45, 2.75) is 32.2 Å². The number of aromatic nitrogens is 3. The first-order chi connectivity index (χ1) is 10.8. The van der Waals surface area contributed by atoms with Crippen LogP contribution in [0.2, 0.25) is 0 Å². The van der Waals surface area contributed by atoms with Gasteiger partial charge in [0.1, 0.15) is 17.6 Å². The van der Waals surface area contributed by atoms with Crippen molar-refractivity contribution in [1.82, 2.24) is 14.8 Å². The van der Waals surface area contributed by atoms with E-state index in [1.165, 1.54) is 6.42 Å². The quantitative estimate of drug-likeness (QED) is 0.816. The number of para-hydroxylation sites is 1. The highest BCUT2D eigenvalue weighted by molar-refractivity contribution is 5.88. The van der Waals surface area contributed by atoms with E-state index in [0.717, 1.165) is 42.9 Å². The van der Waals surface area contributed by atoms with Crippen LogP contribution in [0.15, 0.2) is 24.3 Å². The maximum absolute atomic E-state index is 9.55. The largest absolute Gasteiger partial charge is 0.496 e. The highest BCUT2D eigenvalue weighted by atomic mass is 16.5. The van der Waals surface area contributed by atoms with Crippen LogP contribution in [-0.2, 0) is 13.0 Å². The molecule has 22 heavy (non-hydrogen) atoms. The Morgan fingerprint density at radius 1 is 1.27 bits per heavy atom. The van der Waals surface area contributed by atoms with Crippen molar-refractivity contribution in [2.24, 2.45) is 0 Å². The molecule has 0 bridgehead atoms. The summed E-state index contributed by atoms with van der Waals surface area (Å²) in [6.07, 6.45) is 6.18. The van der Waals surface area contributed by atoms with Gasteiger partial charge in [0.05, 0.1) is 12.7 Å². The van der Waals surface area contributed by atoms with Crippen LogP contribution in [0.3, 0.4) is 0 Å². The Balaban J connectivity index is 2.04. The molecule has 5 nitrogen and oxygen atoms in total. The van der Waals surface area contributed by atoms with Crippen molar-refractivity contribution in [2.75, 3.05) is 7.11 Å². The predicted molar refractivity (Wildman–Crippen MR) is 84.1 cm³/mol. The molecule has 3 rings (SSSR count). The van der Waals surface area contributed by atoms with Gasteiger partial charge in [-0.15, -0.1) is 10.2 Å². The van der Waals surface area contributed by atoms with E-state index >= 15 is 0 Å². The first-order valence-electron chi connectivity index (χ1n) is 7.50. The number of nitriles is 1. The number of aryl methyl sites for hydroxylation is 1. The lowest BCUT2D eigenvalue weighted by atomic mass is 10.1. The number of benzene rings is 1. The third kappa shape index (κ3) is 2.73. The van der Waals surface area contributed by atoms with Crippen molar-refractivity contribution in [3.8, 4) is 11.8 Å². The number of hydrogen-bond donors (Lipinski definition) is 0. The van der Waals surface area contributed by atoms with Gasteiger partial charge in [0.25, 0.3) is 0 Å². The molecule has 112 valence electrons. The Kier molecular flexibility index (Phi) is 4.19. The van der Waals surface area contributed by atoms with Gasteiger partial charge in [-0.05, 0) is 25.0 Å². The molecule has 1 aliphatic rings. The van der Waals surface area contributed by atoms with Crippen LogP contribution >= 0.6 is 0 Å². The standard InChI is InChI=1S/C17H18N4O/c1-22-15-8-5-4-7-13(15)11-14(12-18)17-20-19-16-9-3-2-6-10-21(16)17/h4-5,7-8,11H,2-3,6,9-10H2,1H3. The van der Waals surface area contributed by atoms with Crippen LogP contribution < -0.4 is 4.74 Å². The average molecular weight is 294 g/mol. The Bertz CT molecular complexity index is 739. The number of ether oxygens (including phenoxy) is 1. The highest BCUT2D eigenvalue weighted by Crippen LogP contribution is 2.25. The number of allylic oxidation sites excluding steroid dienone is 1. The van der Waals surface area contributed by atoms with Gasteiger partial charge in [-0.3, -0.25) is 0 Å². The fraction of sp³-hybridized carbons (Fsp3) is 0.353. The van der Waals surface area contributed by atoms with Gasteiger partial charge < -0.3 is 9.30 Å². The summed E-state index contributed by atoms with van der Waals surface area (Å²) in [6.45, 7) is 0.878. The second-order valence-electron chi connectivity index (χ2n) is 5.31. The molecule has 0 N–H and O–H groups in total. The van der Waals surface area contributed by atoms with E-state index in [9.17, 15) is 5.26 Å². The number of hydrogen-bond acceptors (Lipinski definition) is 4. The molecule has 0 spiro atoms.